The largest absolute Gasteiger partial charge is 0.508 e. The fraction of sp³-hybridized carbons (Fsp3) is 0.467. The highest BCUT2D eigenvalue weighted by Crippen LogP contribution is 2.15. The Morgan fingerprint density at radius 3 is 1.96 bits per heavy atom. The predicted octanol–water partition coefficient (Wildman–Crippen LogP) is -4.76. The van der Waals surface area contributed by atoms with Crippen LogP contribution in [0.4, 0.5) is 0 Å². The first-order valence-electron chi connectivity index (χ1n) is 22.3. The molecule has 1 fully saturated rings. The minimum Gasteiger partial charge on any atom is -0.508 e. The monoisotopic (exact) mass is 978 g/mol. The fourth-order valence-electron chi connectivity index (χ4n) is 6.96. The Balaban J connectivity index is 2.01. The Kier molecular flexibility index (Phi) is 22.2. The maximum Gasteiger partial charge on any atom is 0.247 e. The molecule has 0 spiro atoms. The minimum absolute atomic E-state index is 0.0394. The molecule has 0 aliphatic carbocycles. The number of phenolic OH excluding ortho intramolecular Hbond substituents is 1. The summed E-state index contributed by atoms with van der Waals surface area (Å²) < 4.78 is 0. The van der Waals surface area contributed by atoms with Gasteiger partial charge in [0, 0.05) is 45.7 Å². The highest BCUT2D eigenvalue weighted by atomic mass is 16.3. The SMILES string of the molecule is CC[C@H](C)[C@@H]1NC(=O)[C@H](Cc2ccc(O)cc2)NC(=O)CCC(=O)NC[C@@H](C(=O)N(C)CC(=O)N[C@@H](Cc2ccccc2)C(=O)NCC(N)=O)NC(=O)[C@H](CC(N)=O)NC(=O)[C@H](CCC(N)=O)NC1=O. The number of nitrogens with one attached hydrogen (secondary N) is 8. The van der Waals surface area contributed by atoms with Gasteiger partial charge in [0.05, 0.1) is 19.5 Å². The van der Waals surface area contributed by atoms with Crippen molar-refractivity contribution >= 4 is 70.9 Å². The molecule has 15 N–H and O–H groups in total. The zero-order valence-corrected chi connectivity index (χ0v) is 39.0. The number of likely N-dealkylation sites (N-methyl/N-ethyl adjacent to an activating group) is 1. The van der Waals surface area contributed by atoms with E-state index in [0.717, 1.165) is 11.9 Å². The van der Waals surface area contributed by atoms with Gasteiger partial charge < -0.3 is 69.7 Å². The topological polar surface area (TPSA) is 403 Å². The summed E-state index contributed by atoms with van der Waals surface area (Å²) in [4.78, 5) is 159. The summed E-state index contributed by atoms with van der Waals surface area (Å²) in [5.74, 6) is -11.9. The van der Waals surface area contributed by atoms with Gasteiger partial charge in [-0.2, -0.15) is 0 Å². The van der Waals surface area contributed by atoms with Gasteiger partial charge in [0.15, 0.2) is 0 Å². The molecule has 12 amide bonds. The molecule has 1 aliphatic rings. The molecule has 3 rings (SSSR count). The van der Waals surface area contributed by atoms with Gasteiger partial charge in [-0.15, -0.1) is 0 Å². The van der Waals surface area contributed by atoms with Gasteiger partial charge in [0.25, 0.3) is 0 Å². The summed E-state index contributed by atoms with van der Waals surface area (Å²) in [5, 5.41) is 29.4. The molecule has 70 heavy (non-hydrogen) atoms. The van der Waals surface area contributed by atoms with E-state index in [1.54, 1.807) is 44.2 Å². The van der Waals surface area contributed by atoms with Crippen LogP contribution in [0.15, 0.2) is 54.6 Å². The van der Waals surface area contributed by atoms with Gasteiger partial charge in [-0.3, -0.25) is 57.5 Å². The number of primary amides is 3. The molecule has 2 aromatic rings. The maximum absolute atomic E-state index is 14.1. The third-order valence-corrected chi connectivity index (χ3v) is 11.0. The predicted molar refractivity (Wildman–Crippen MR) is 247 cm³/mol. The van der Waals surface area contributed by atoms with Crippen LogP contribution in [0.3, 0.4) is 0 Å². The lowest BCUT2D eigenvalue weighted by Gasteiger charge is -2.29. The number of rotatable bonds is 18. The summed E-state index contributed by atoms with van der Waals surface area (Å²) in [5.41, 5.74) is 17.1. The van der Waals surface area contributed by atoms with E-state index in [1.165, 1.54) is 24.3 Å². The highest BCUT2D eigenvalue weighted by Gasteiger charge is 2.36. The number of hydrogen-bond donors (Lipinski definition) is 12. The summed E-state index contributed by atoms with van der Waals surface area (Å²) in [6.07, 6.45) is -2.66. The number of aromatic hydroxyl groups is 1. The molecule has 380 valence electrons. The summed E-state index contributed by atoms with van der Waals surface area (Å²) in [6.45, 7) is 1.37. The van der Waals surface area contributed by atoms with Crippen LogP contribution >= 0.6 is 0 Å². The molecule has 0 aromatic heterocycles. The molecular formula is C45H62N12O13. The van der Waals surface area contributed by atoms with E-state index < -0.39 is 165 Å². The van der Waals surface area contributed by atoms with Gasteiger partial charge in [0.1, 0.15) is 42.0 Å². The number of benzene rings is 2. The number of nitrogens with two attached hydrogens (primary N) is 3. The molecule has 0 saturated carbocycles. The van der Waals surface area contributed by atoms with Crippen molar-refractivity contribution < 1.29 is 62.6 Å². The van der Waals surface area contributed by atoms with Crippen LogP contribution < -0.4 is 59.7 Å². The number of carbonyl (C=O) groups is 12. The number of carbonyl (C=O) groups excluding carboxylic acids is 12. The Hall–Kier alpha value is -8.12. The molecule has 0 bridgehead atoms. The number of phenols is 1. The fourth-order valence-corrected chi connectivity index (χ4v) is 6.96. The molecule has 1 aliphatic heterocycles. The lowest BCUT2D eigenvalue weighted by Crippen LogP contribution is -2.61. The van der Waals surface area contributed by atoms with E-state index >= 15 is 0 Å². The first-order chi connectivity index (χ1) is 33.1. The second-order valence-electron chi connectivity index (χ2n) is 16.7. The van der Waals surface area contributed by atoms with Crippen molar-refractivity contribution in [3.63, 3.8) is 0 Å². The van der Waals surface area contributed by atoms with Crippen LogP contribution in [-0.4, -0.2) is 144 Å². The van der Waals surface area contributed by atoms with Gasteiger partial charge in [0.2, 0.25) is 70.9 Å². The number of hydrogen-bond acceptors (Lipinski definition) is 13. The quantitative estimate of drug-likeness (QED) is 0.0669. The average molecular weight is 979 g/mol. The van der Waals surface area contributed by atoms with E-state index in [4.69, 9.17) is 17.2 Å². The van der Waals surface area contributed by atoms with E-state index in [1.807, 2.05) is 0 Å². The lowest BCUT2D eigenvalue weighted by atomic mass is 9.96. The molecule has 0 unspecified atom stereocenters. The van der Waals surface area contributed by atoms with Crippen LogP contribution in [0.5, 0.6) is 5.75 Å². The second kappa shape index (κ2) is 27.6. The van der Waals surface area contributed by atoms with Gasteiger partial charge in [-0.1, -0.05) is 62.7 Å². The number of nitrogens with zero attached hydrogens (tertiary/aromatic N) is 1. The van der Waals surface area contributed by atoms with Crippen LogP contribution in [0.25, 0.3) is 0 Å². The minimum atomic E-state index is -1.85. The normalized spacial score (nSPS) is 20.5. The maximum atomic E-state index is 14.1. The van der Waals surface area contributed by atoms with Crippen LogP contribution in [-0.2, 0) is 70.4 Å². The summed E-state index contributed by atoms with van der Waals surface area (Å²) >= 11 is 0. The first-order valence-corrected chi connectivity index (χ1v) is 22.3. The van der Waals surface area contributed by atoms with Crippen LogP contribution in [0, 0.1) is 5.92 Å². The summed E-state index contributed by atoms with van der Waals surface area (Å²) in [6, 6.07) is 5.02. The van der Waals surface area contributed by atoms with Crippen molar-refractivity contribution in [3.05, 3.63) is 65.7 Å². The van der Waals surface area contributed by atoms with E-state index in [9.17, 15) is 62.6 Å². The number of amides is 12. The smallest absolute Gasteiger partial charge is 0.247 e. The molecule has 2 aromatic carbocycles. The van der Waals surface area contributed by atoms with Gasteiger partial charge in [-0.25, -0.2) is 0 Å². The Labute approximate surface area is 402 Å². The van der Waals surface area contributed by atoms with Gasteiger partial charge in [-0.05, 0) is 35.6 Å². The highest BCUT2D eigenvalue weighted by molar-refractivity contribution is 5.99. The van der Waals surface area contributed by atoms with Crippen molar-refractivity contribution in [2.24, 2.45) is 23.1 Å². The van der Waals surface area contributed by atoms with Crippen molar-refractivity contribution in [3.8, 4) is 5.75 Å². The van der Waals surface area contributed by atoms with Crippen LogP contribution in [0.2, 0.25) is 0 Å². The van der Waals surface area contributed by atoms with E-state index in [-0.39, 0.29) is 18.6 Å². The summed E-state index contributed by atoms with van der Waals surface area (Å²) in [7, 11) is 1.16. The molecule has 25 heteroatoms. The zero-order chi connectivity index (χ0) is 52.1. The van der Waals surface area contributed by atoms with Crippen molar-refractivity contribution in [2.75, 3.05) is 26.7 Å². The molecule has 1 saturated heterocycles. The molecule has 1 heterocycles. The second-order valence-corrected chi connectivity index (χ2v) is 16.7. The lowest BCUT2D eigenvalue weighted by molar-refractivity contribution is -0.140. The molecule has 7 atom stereocenters. The van der Waals surface area contributed by atoms with Crippen molar-refractivity contribution in [1.29, 1.82) is 0 Å². The third-order valence-electron chi connectivity index (χ3n) is 11.0. The van der Waals surface area contributed by atoms with Crippen molar-refractivity contribution in [1.82, 2.24) is 47.4 Å². The van der Waals surface area contributed by atoms with Crippen molar-refractivity contribution in [2.45, 2.75) is 101 Å². The standard InChI is InChI=1S/C45H62N12O13/c1-4-24(2)39-44(69)53-28(14-15-33(46)59)41(66)54-31(20-34(47)60)42(67)55-32(21-49-36(62)16-17-37(63)51-30(43(68)56-39)19-26-10-12-27(58)13-11-26)45(70)57(3)23-38(64)52-29(40(65)50-22-35(48)61)18-25-8-6-5-7-9-25/h5-13,24,28-32,39,58H,4,14-23H2,1-3H3,(H2,46,59)(H2,47,60)(H2,48,61)(H,49,62)(H,50,65)(H,51,63)(H,52,64)(H,53,69)(H,54,66)(H,55,67)(H,56,68)/t24-,28-,29-,30-,31-,32-,39-/m0/s1. The van der Waals surface area contributed by atoms with E-state index in [2.05, 4.69) is 42.5 Å². The van der Waals surface area contributed by atoms with Gasteiger partial charge >= 0.3 is 0 Å². The first kappa shape index (κ1) is 56.2. The Morgan fingerprint density at radius 2 is 1.34 bits per heavy atom. The molecular weight excluding hydrogens is 917 g/mol. The molecule has 0 radical (unpaired) electrons. The Morgan fingerprint density at radius 1 is 0.729 bits per heavy atom. The van der Waals surface area contributed by atoms with Crippen LogP contribution in [0.1, 0.15) is 63.5 Å². The third kappa shape index (κ3) is 19.2. The van der Waals surface area contributed by atoms with E-state index in [0.29, 0.717) is 17.5 Å². The zero-order valence-electron chi connectivity index (χ0n) is 39.0. The Bertz CT molecular complexity index is 2250. The average Bonchev–Trinajstić information content (AvgIpc) is 3.30. The molecule has 25 nitrogen and oxygen atoms in total.